The summed E-state index contributed by atoms with van der Waals surface area (Å²) in [6.45, 7) is 5.83. The van der Waals surface area contributed by atoms with E-state index in [1.807, 2.05) is 0 Å². The first kappa shape index (κ1) is 13.2. The minimum absolute atomic E-state index is 0.696. The van der Waals surface area contributed by atoms with Crippen molar-refractivity contribution in [3.05, 3.63) is 5.01 Å². The van der Waals surface area contributed by atoms with E-state index in [0.717, 1.165) is 17.6 Å². The van der Waals surface area contributed by atoms with Crippen molar-refractivity contribution in [1.29, 1.82) is 0 Å². The summed E-state index contributed by atoms with van der Waals surface area (Å²) in [5.74, 6) is 5.33. The molecule has 0 aliphatic carbocycles. The maximum Gasteiger partial charge on any atom is 0.219 e. The third-order valence-corrected chi connectivity index (χ3v) is 4.94. The normalized spacial score (nSPS) is 25.8. The standard InChI is InChI=1S/C12H22N6S/c13-14-12-16-15-11(19-12)9-17-7-4-10(8-17)18-5-2-1-3-6-18/h10H,1-9,13H2,(H,14,16). The summed E-state index contributed by atoms with van der Waals surface area (Å²) < 4.78 is 0. The molecule has 0 aromatic carbocycles. The summed E-state index contributed by atoms with van der Waals surface area (Å²) in [6.07, 6.45) is 5.45. The number of piperidine rings is 1. The van der Waals surface area contributed by atoms with E-state index >= 15 is 0 Å². The fraction of sp³-hybridized carbons (Fsp3) is 0.833. The zero-order chi connectivity index (χ0) is 13.1. The summed E-state index contributed by atoms with van der Waals surface area (Å²) in [4.78, 5) is 5.16. The molecule has 2 aliphatic heterocycles. The molecule has 0 amide bonds. The fourth-order valence-corrected chi connectivity index (χ4v) is 3.80. The van der Waals surface area contributed by atoms with Crippen molar-refractivity contribution in [3.8, 4) is 0 Å². The molecule has 3 N–H and O–H groups in total. The molecule has 1 atom stereocenters. The van der Waals surface area contributed by atoms with Crippen molar-refractivity contribution in [2.45, 2.75) is 38.3 Å². The van der Waals surface area contributed by atoms with Gasteiger partial charge in [0.15, 0.2) is 0 Å². The van der Waals surface area contributed by atoms with Crippen LogP contribution >= 0.6 is 11.3 Å². The number of anilines is 1. The van der Waals surface area contributed by atoms with Crippen molar-refractivity contribution < 1.29 is 0 Å². The number of nitrogens with one attached hydrogen (secondary N) is 1. The van der Waals surface area contributed by atoms with E-state index in [1.165, 1.54) is 51.9 Å². The van der Waals surface area contributed by atoms with Crippen LogP contribution in [-0.4, -0.2) is 52.2 Å². The van der Waals surface area contributed by atoms with Gasteiger partial charge in [-0.1, -0.05) is 17.8 Å². The highest BCUT2D eigenvalue weighted by Gasteiger charge is 2.28. The Morgan fingerprint density at radius 3 is 2.79 bits per heavy atom. The lowest BCUT2D eigenvalue weighted by Crippen LogP contribution is -2.40. The molecule has 2 saturated heterocycles. The summed E-state index contributed by atoms with van der Waals surface area (Å²) >= 11 is 1.54. The first-order valence-corrected chi connectivity index (χ1v) is 7.92. The highest BCUT2D eigenvalue weighted by atomic mass is 32.1. The van der Waals surface area contributed by atoms with Gasteiger partial charge in [-0.05, 0) is 32.4 Å². The first-order valence-electron chi connectivity index (χ1n) is 7.10. The lowest BCUT2D eigenvalue weighted by Gasteiger charge is -2.32. The molecule has 0 bridgehead atoms. The second-order valence-corrected chi connectivity index (χ2v) is 6.48. The van der Waals surface area contributed by atoms with Gasteiger partial charge in [-0.25, -0.2) is 5.84 Å². The lowest BCUT2D eigenvalue weighted by molar-refractivity contribution is 0.161. The van der Waals surface area contributed by atoms with E-state index in [0.29, 0.717) is 5.13 Å². The maximum absolute atomic E-state index is 5.33. The average molecular weight is 282 g/mol. The molecule has 1 aromatic rings. The van der Waals surface area contributed by atoms with Crippen molar-refractivity contribution in [3.63, 3.8) is 0 Å². The molecule has 7 heteroatoms. The van der Waals surface area contributed by atoms with Crippen LogP contribution in [0, 0.1) is 0 Å². The SMILES string of the molecule is NNc1nnc(CN2CCC(N3CCCCC3)C2)s1. The number of likely N-dealkylation sites (tertiary alicyclic amines) is 2. The lowest BCUT2D eigenvalue weighted by atomic mass is 10.1. The Kier molecular flexibility index (Phi) is 4.27. The Labute approximate surface area is 117 Å². The Morgan fingerprint density at radius 1 is 1.21 bits per heavy atom. The zero-order valence-electron chi connectivity index (χ0n) is 11.2. The summed E-state index contributed by atoms with van der Waals surface area (Å²) in [5.41, 5.74) is 2.55. The van der Waals surface area contributed by atoms with E-state index in [-0.39, 0.29) is 0 Å². The quantitative estimate of drug-likeness (QED) is 0.631. The van der Waals surface area contributed by atoms with Crippen LogP contribution in [0.2, 0.25) is 0 Å². The molecule has 2 fully saturated rings. The fourth-order valence-electron chi connectivity index (χ4n) is 3.10. The minimum atomic E-state index is 0.696. The van der Waals surface area contributed by atoms with Crippen LogP contribution in [0.4, 0.5) is 5.13 Å². The third-order valence-electron chi connectivity index (χ3n) is 4.10. The minimum Gasteiger partial charge on any atom is -0.299 e. The van der Waals surface area contributed by atoms with Crippen LogP contribution in [-0.2, 0) is 6.54 Å². The van der Waals surface area contributed by atoms with Crippen LogP contribution in [0.3, 0.4) is 0 Å². The summed E-state index contributed by atoms with van der Waals surface area (Å²) in [5, 5.41) is 9.88. The largest absolute Gasteiger partial charge is 0.299 e. The van der Waals surface area contributed by atoms with Crippen molar-refractivity contribution >= 4 is 16.5 Å². The molecule has 1 aromatic heterocycles. The van der Waals surface area contributed by atoms with Gasteiger partial charge in [-0.15, -0.1) is 10.2 Å². The van der Waals surface area contributed by atoms with Crippen LogP contribution < -0.4 is 11.3 Å². The van der Waals surface area contributed by atoms with Gasteiger partial charge in [0.1, 0.15) is 5.01 Å². The van der Waals surface area contributed by atoms with Crippen LogP contribution in [0.15, 0.2) is 0 Å². The molecular weight excluding hydrogens is 260 g/mol. The number of hydrogen-bond acceptors (Lipinski definition) is 7. The topological polar surface area (TPSA) is 70.3 Å². The number of aromatic nitrogens is 2. The smallest absolute Gasteiger partial charge is 0.219 e. The van der Waals surface area contributed by atoms with Crippen molar-refractivity contribution in [2.75, 3.05) is 31.6 Å². The van der Waals surface area contributed by atoms with E-state index in [9.17, 15) is 0 Å². The summed E-state index contributed by atoms with van der Waals surface area (Å²) in [7, 11) is 0. The Hall–Kier alpha value is -0.760. The van der Waals surface area contributed by atoms with Gasteiger partial charge < -0.3 is 0 Å². The molecule has 6 nitrogen and oxygen atoms in total. The van der Waals surface area contributed by atoms with E-state index in [2.05, 4.69) is 25.4 Å². The predicted molar refractivity (Wildman–Crippen MR) is 76.8 cm³/mol. The molecular formula is C12H22N6S. The number of rotatable bonds is 4. The summed E-state index contributed by atoms with van der Waals surface area (Å²) in [6, 6.07) is 0.750. The molecule has 0 radical (unpaired) electrons. The van der Waals surface area contributed by atoms with Crippen LogP contribution in [0.25, 0.3) is 0 Å². The molecule has 1 unspecified atom stereocenters. The van der Waals surface area contributed by atoms with E-state index in [4.69, 9.17) is 5.84 Å². The Bertz CT molecular complexity index is 403. The number of nitrogens with two attached hydrogens (primary N) is 1. The highest BCUT2D eigenvalue weighted by Crippen LogP contribution is 2.23. The van der Waals surface area contributed by atoms with E-state index < -0.39 is 0 Å². The van der Waals surface area contributed by atoms with Gasteiger partial charge in [0.2, 0.25) is 5.13 Å². The molecule has 2 aliphatic rings. The number of hydrazine groups is 1. The third kappa shape index (κ3) is 3.22. The van der Waals surface area contributed by atoms with Gasteiger partial charge in [0, 0.05) is 19.1 Å². The number of hydrogen-bond donors (Lipinski definition) is 2. The van der Waals surface area contributed by atoms with Gasteiger partial charge in [0.05, 0.1) is 6.54 Å². The second-order valence-electron chi connectivity index (χ2n) is 5.42. The predicted octanol–water partition coefficient (Wildman–Crippen LogP) is 0.884. The number of nitrogen functional groups attached to an aromatic ring is 1. The molecule has 0 spiro atoms. The molecule has 106 valence electrons. The second kappa shape index (κ2) is 6.13. The first-order chi connectivity index (χ1) is 9.35. The van der Waals surface area contributed by atoms with Gasteiger partial charge in [0.25, 0.3) is 0 Å². The van der Waals surface area contributed by atoms with Crippen LogP contribution in [0.5, 0.6) is 0 Å². The highest BCUT2D eigenvalue weighted by molar-refractivity contribution is 7.15. The van der Waals surface area contributed by atoms with Crippen LogP contribution in [0.1, 0.15) is 30.7 Å². The molecule has 19 heavy (non-hydrogen) atoms. The van der Waals surface area contributed by atoms with Gasteiger partial charge >= 0.3 is 0 Å². The molecule has 3 heterocycles. The maximum atomic E-state index is 5.33. The monoisotopic (exact) mass is 282 g/mol. The Balaban J connectivity index is 1.51. The molecule has 3 rings (SSSR count). The van der Waals surface area contributed by atoms with Crippen molar-refractivity contribution in [1.82, 2.24) is 20.0 Å². The Morgan fingerprint density at radius 2 is 2.05 bits per heavy atom. The van der Waals surface area contributed by atoms with Crippen molar-refractivity contribution in [2.24, 2.45) is 5.84 Å². The van der Waals surface area contributed by atoms with Gasteiger partial charge in [-0.3, -0.25) is 15.2 Å². The van der Waals surface area contributed by atoms with Gasteiger partial charge in [-0.2, -0.15) is 0 Å². The molecule has 0 saturated carbocycles. The zero-order valence-corrected chi connectivity index (χ0v) is 12.0. The van der Waals surface area contributed by atoms with E-state index in [1.54, 1.807) is 11.3 Å². The average Bonchev–Trinajstić information content (AvgIpc) is 3.09. The number of nitrogens with zero attached hydrogens (tertiary/aromatic N) is 4.